The number of fused-ring (bicyclic) bond motifs is 1. The molecule has 0 radical (unpaired) electrons. The van der Waals surface area contributed by atoms with Gasteiger partial charge in [0, 0.05) is 11.6 Å². The fraction of sp³-hybridized carbons (Fsp3) is 0.188. The topological polar surface area (TPSA) is 13.1 Å². The molecule has 0 spiro atoms. The number of ether oxygens (including phenoxy) is 1. The molecular formula is C16H16BrNOS. The number of hydrogen-bond donors (Lipinski definition) is 0. The Morgan fingerprint density at radius 1 is 1.10 bits per heavy atom. The molecule has 0 aliphatic carbocycles. The third-order valence-electron chi connectivity index (χ3n) is 3.24. The first-order valence-corrected chi connectivity index (χ1v) is 7.14. The number of rotatable bonds is 3. The van der Waals surface area contributed by atoms with E-state index < -0.39 is 0 Å². The summed E-state index contributed by atoms with van der Waals surface area (Å²) in [4.78, 5) is 0. The molecule has 0 unspecified atom stereocenters. The second-order valence-corrected chi connectivity index (χ2v) is 5.56. The van der Waals surface area contributed by atoms with Gasteiger partial charge in [-0.05, 0) is 42.8 Å². The maximum atomic E-state index is 5.18. The first kappa shape index (κ1) is 15.0. The highest BCUT2D eigenvalue weighted by Crippen LogP contribution is 2.18. The molecule has 0 saturated heterocycles. The molecule has 104 valence electrons. The molecule has 2 nitrogen and oxygen atoms in total. The van der Waals surface area contributed by atoms with Gasteiger partial charge in [-0.2, -0.15) is 4.57 Å². The van der Waals surface area contributed by atoms with Gasteiger partial charge in [0.2, 0.25) is 11.0 Å². The number of methoxy groups -OCH3 is 1. The van der Waals surface area contributed by atoms with E-state index in [2.05, 4.69) is 47.3 Å². The molecule has 2 aromatic carbocycles. The highest BCUT2D eigenvalue weighted by Gasteiger charge is 2.12. The zero-order valence-corrected chi connectivity index (χ0v) is 13.9. The summed E-state index contributed by atoms with van der Waals surface area (Å²) in [6.07, 6.45) is 0. The molecule has 1 heterocycles. The molecule has 0 saturated carbocycles. The van der Waals surface area contributed by atoms with E-state index in [0.29, 0.717) is 0 Å². The van der Waals surface area contributed by atoms with E-state index >= 15 is 0 Å². The van der Waals surface area contributed by atoms with Gasteiger partial charge in [-0.1, -0.05) is 17.4 Å². The van der Waals surface area contributed by atoms with Crippen LogP contribution in [0.2, 0.25) is 0 Å². The van der Waals surface area contributed by atoms with E-state index in [1.807, 2.05) is 12.1 Å². The summed E-state index contributed by atoms with van der Waals surface area (Å²) in [5, 5.41) is 0. The highest BCUT2D eigenvalue weighted by atomic mass is 79.9. The summed E-state index contributed by atoms with van der Waals surface area (Å²) < 4.78 is 8.82. The monoisotopic (exact) mass is 349 g/mol. The molecule has 3 aromatic rings. The molecule has 0 aliphatic heterocycles. The molecular weight excluding hydrogens is 334 g/mol. The summed E-state index contributed by atoms with van der Waals surface area (Å²) in [6.45, 7) is 3.03. The molecule has 4 heteroatoms. The van der Waals surface area contributed by atoms with Crippen molar-refractivity contribution in [1.29, 1.82) is 0 Å². The van der Waals surface area contributed by atoms with Gasteiger partial charge in [-0.15, -0.1) is 0 Å². The lowest BCUT2D eigenvalue weighted by Crippen LogP contribution is -3.00. The molecule has 0 bridgehead atoms. The van der Waals surface area contributed by atoms with Gasteiger partial charge in [-0.3, -0.25) is 0 Å². The van der Waals surface area contributed by atoms with Gasteiger partial charge >= 0.3 is 0 Å². The Bertz CT molecular complexity index is 706. The third-order valence-corrected chi connectivity index (χ3v) is 4.18. The summed E-state index contributed by atoms with van der Waals surface area (Å²) in [5.74, 6) is 0.902. The Hall–Kier alpha value is -1.39. The highest BCUT2D eigenvalue weighted by molar-refractivity contribution is 7.16. The second kappa shape index (κ2) is 6.37. The minimum absolute atomic E-state index is 0. The van der Waals surface area contributed by atoms with Gasteiger partial charge in [0.05, 0.1) is 7.11 Å². The van der Waals surface area contributed by atoms with E-state index in [0.717, 1.165) is 12.3 Å². The van der Waals surface area contributed by atoms with Crippen molar-refractivity contribution >= 4 is 21.6 Å². The largest absolute Gasteiger partial charge is 1.00 e. The van der Waals surface area contributed by atoms with Gasteiger partial charge in [-0.25, -0.2) is 0 Å². The van der Waals surface area contributed by atoms with Gasteiger partial charge in [0.25, 0.3) is 0 Å². The molecule has 0 atom stereocenters. The lowest BCUT2D eigenvalue weighted by molar-refractivity contribution is -0.658. The van der Waals surface area contributed by atoms with Crippen molar-refractivity contribution in [1.82, 2.24) is 0 Å². The van der Waals surface area contributed by atoms with Crippen molar-refractivity contribution in [2.24, 2.45) is 0 Å². The number of benzene rings is 2. The van der Waals surface area contributed by atoms with E-state index in [1.54, 1.807) is 18.4 Å². The number of aryl methyl sites for hydroxylation is 1. The van der Waals surface area contributed by atoms with Crippen molar-refractivity contribution in [2.45, 2.75) is 13.5 Å². The van der Waals surface area contributed by atoms with Crippen molar-refractivity contribution in [3.05, 3.63) is 59.1 Å². The van der Waals surface area contributed by atoms with Crippen LogP contribution >= 0.6 is 11.3 Å². The van der Waals surface area contributed by atoms with Crippen molar-refractivity contribution in [2.75, 3.05) is 7.11 Å². The smallest absolute Gasteiger partial charge is 0.226 e. The van der Waals surface area contributed by atoms with Crippen LogP contribution in [0.3, 0.4) is 0 Å². The Balaban J connectivity index is 0.00000147. The normalized spacial score (nSPS) is 10.3. The summed E-state index contributed by atoms with van der Waals surface area (Å²) >= 11 is 1.79. The predicted octanol–water partition coefficient (Wildman–Crippen LogP) is 0.558. The Labute approximate surface area is 133 Å². The van der Waals surface area contributed by atoms with Crippen LogP contribution in [0.5, 0.6) is 5.75 Å². The standard InChI is InChI=1S/C16H16NOS.BrH/c1-12-3-8-15-16(9-12)19-11-17(15)10-13-4-6-14(18-2)7-5-13;/h3-9,11H,10H2,1-2H3;1H/q+1;/p-1. The molecule has 0 amide bonds. The summed E-state index contributed by atoms with van der Waals surface area (Å²) in [6, 6.07) is 14.9. The molecule has 0 N–H and O–H groups in total. The number of nitrogens with zero attached hydrogens (tertiary/aromatic N) is 1. The van der Waals surface area contributed by atoms with Crippen LogP contribution in [0.25, 0.3) is 10.2 Å². The number of thiazole rings is 1. The zero-order valence-electron chi connectivity index (χ0n) is 11.5. The second-order valence-electron chi connectivity index (χ2n) is 4.67. The minimum atomic E-state index is 0. The van der Waals surface area contributed by atoms with Crippen LogP contribution in [-0.2, 0) is 6.54 Å². The minimum Gasteiger partial charge on any atom is -1.00 e. The first-order chi connectivity index (χ1) is 9.26. The average molecular weight is 350 g/mol. The third kappa shape index (κ3) is 3.02. The van der Waals surface area contributed by atoms with E-state index in [4.69, 9.17) is 4.74 Å². The predicted molar refractivity (Wildman–Crippen MR) is 78.9 cm³/mol. The Kier molecular flexibility index (Phi) is 4.78. The Morgan fingerprint density at radius 2 is 1.85 bits per heavy atom. The zero-order chi connectivity index (χ0) is 13.2. The van der Waals surface area contributed by atoms with Crippen LogP contribution in [0.15, 0.2) is 48.0 Å². The molecule has 0 aliphatic rings. The quantitative estimate of drug-likeness (QED) is 0.629. The van der Waals surface area contributed by atoms with Crippen LogP contribution in [0.1, 0.15) is 11.1 Å². The summed E-state index contributed by atoms with van der Waals surface area (Å²) in [5.41, 5.74) is 6.08. The summed E-state index contributed by atoms with van der Waals surface area (Å²) in [7, 11) is 1.69. The average Bonchev–Trinajstić information content (AvgIpc) is 2.82. The van der Waals surface area contributed by atoms with E-state index in [9.17, 15) is 0 Å². The van der Waals surface area contributed by atoms with E-state index in [1.165, 1.54) is 21.3 Å². The van der Waals surface area contributed by atoms with Crippen molar-refractivity contribution < 1.29 is 26.3 Å². The van der Waals surface area contributed by atoms with Crippen LogP contribution in [0.4, 0.5) is 0 Å². The number of halogens is 1. The van der Waals surface area contributed by atoms with Gasteiger partial charge in [0.15, 0.2) is 6.54 Å². The Morgan fingerprint density at radius 3 is 2.55 bits per heavy atom. The van der Waals surface area contributed by atoms with E-state index in [-0.39, 0.29) is 17.0 Å². The first-order valence-electron chi connectivity index (χ1n) is 6.26. The van der Waals surface area contributed by atoms with Crippen LogP contribution < -0.4 is 26.3 Å². The molecule has 3 rings (SSSR count). The van der Waals surface area contributed by atoms with Crippen molar-refractivity contribution in [3.63, 3.8) is 0 Å². The van der Waals surface area contributed by atoms with Gasteiger partial charge in [0.1, 0.15) is 10.4 Å². The fourth-order valence-corrected chi connectivity index (χ4v) is 3.17. The lowest BCUT2D eigenvalue weighted by Gasteiger charge is -2.00. The lowest BCUT2D eigenvalue weighted by atomic mass is 10.2. The fourth-order valence-electron chi connectivity index (χ4n) is 2.18. The number of aromatic nitrogens is 1. The SMILES string of the molecule is COc1ccc(C[n+]2csc3cc(C)ccc32)cc1.[Br-]. The maximum Gasteiger partial charge on any atom is 0.226 e. The molecule has 20 heavy (non-hydrogen) atoms. The van der Waals surface area contributed by atoms with Crippen molar-refractivity contribution in [3.8, 4) is 5.75 Å². The number of hydrogen-bond acceptors (Lipinski definition) is 2. The van der Waals surface area contributed by atoms with Crippen LogP contribution in [-0.4, -0.2) is 7.11 Å². The van der Waals surface area contributed by atoms with Crippen LogP contribution in [0, 0.1) is 6.92 Å². The van der Waals surface area contributed by atoms with Gasteiger partial charge < -0.3 is 21.7 Å². The molecule has 1 aromatic heterocycles. The maximum absolute atomic E-state index is 5.18. The molecule has 0 fully saturated rings.